The summed E-state index contributed by atoms with van der Waals surface area (Å²) in [6.45, 7) is 5.15. The van der Waals surface area contributed by atoms with Crippen molar-refractivity contribution in [3.05, 3.63) is 81.0 Å². The zero-order valence-electron chi connectivity index (χ0n) is 19.0. The number of anilines is 1. The van der Waals surface area contributed by atoms with Gasteiger partial charge in [0, 0.05) is 34.8 Å². The van der Waals surface area contributed by atoms with E-state index in [4.69, 9.17) is 4.98 Å². The number of hydrogen-bond acceptors (Lipinski definition) is 5. The number of amides is 1. The molecular formula is C26H25FN4O2S. The number of aromatic nitrogens is 2. The maximum atomic E-state index is 13.3. The molecule has 8 heteroatoms. The first kappa shape index (κ1) is 22.3. The van der Waals surface area contributed by atoms with Gasteiger partial charge in [-0.15, -0.1) is 11.3 Å². The van der Waals surface area contributed by atoms with Crippen LogP contribution in [0.3, 0.4) is 0 Å². The first-order chi connectivity index (χ1) is 16.4. The number of nitrogens with zero attached hydrogens (tertiary/aromatic N) is 2. The van der Waals surface area contributed by atoms with E-state index in [1.807, 2.05) is 37.4 Å². The second-order valence-electron chi connectivity index (χ2n) is 8.81. The van der Waals surface area contributed by atoms with Crippen LogP contribution >= 0.6 is 11.3 Å². The van der Waals surface area contributed by atoms with Gasteiger partial charge < -0.3 is 15.2 Å². The van der Waals surface area contributed by atoms with Crippen LogP contribution in [0.5, 0.6) is 0 Å². The Morgan fingerprint density at radius 2 is 2.03 bits per heavy atom. The summed E-state index contributed by atoms with van der Waals surface area (Å²) in [5.74, 6) is 0.202. The number of benzene rings is 2. The number of carbonyl (C=O) groups is 1. The highest BCUT2D eigenvalue weighted by molar-refractivity contribution is 7.17. The fourth-order valence-corrected chi connectivity index (χ4v) is 5.48. The zero-order valence-corrected chi connectivity index (χ0v) is 19.8. The molecule has 0 saturated carbocycles. The van der Waals surface area contributed by atoms with Crippen molar-refractivity contribution in [2.75, 3.05) is 11.4 Å². The van der Waals surface area contributed by atoms with Gasteiger partial charge in [0.25, 0.3) is 11.5 Å². The van der Waals surface area contributed by atoms with Gasteiger partial charge in [0.1, 0.15) is 16.5 Å². The maximum absolute atomic E-state index is 13.3. The predicted molar refractivity (Wildman–Crippen MR) is 134 cm³/mol. The minimum absolute atomic E-state index is 0.0615. The van der Waals surface area contributed by atoms with Crippen LogP contribution in [0, 0.1) is 5.82 Å². The molecule has 1 aliphatic rings. The summed E-state index contributed by atoms with van der Waals surface area (Å²) in [4.78, 5) is 36.2. The Kier molecular flexibility index (Phi) is 5.91. The van der Waals surface area contributed by atoms with Gasteiger partial charge >= 0.3 is 0 Å². The molecule has 0 spiro atoms. The first-order valence-electron chi connectivity index (χ1n) is 11.3. The van der Waals surface area contributed by atoms with Crippen LogP contribution in [0.2, 0.25) is 0 Å². The molecule has 0 radical (unpaired) electrons. The van der Waals surface area contributed by atoms with Gasteiger partial charge in [0.2, 0.25) is 0 Å². The average molecular weight is 477 g/mol. The average Bonchev–Trinajstić information content (AvgIpc) is 3.23. The lowest BCUT2D eigenvalue weighted by atomic mass is 9.95. The Hall–Kier alpha value is -3.52. The molecule has 3 heterocycles. The third-order valence-electron chi connectivity index (χ3n) is 6.00. The first-order valence-corrected chi connectivity index (χ1v) is 12.2. The molecule has 2 N–H and O–H groups in total. The normalized spacial score (nSPS) is 13.4. The molecule has 34 heavy (non-hydrogen) atoms. The summed E-state index contributed by atoms with van der Waals surface area (Å²) in [6, 6.07) is 12.0. The van der Waals surface area contributed by atoms with Gasteiger partial charge in [-0.1, -0.05) is 18.2 Å². The van der Waals surface area contributed by atoms with E-state index in [0.717, 1.165) is 41.8 Å². The van der Waals surface area contributed by atoms with E-state index >= 15 is 0 Å². The summed E-state index contributed by atoms with van der Waals surface area (Å²) in [7, 11) is 0. The molecule has 1 amide bonds. The van der Waals surface area contributed by atoms with Gasteiger partial charge in [-0.2, -0.15) is 0 Å². The molecule has 2 aromatic heterocycles. The van der Waals surface area contributed by atoms with Crippen LogP contribution in [-0.2, 0) is 13.0 Å². The lowest BCUT2D eigenvalue weighted by Gasteiger charge is -2.32. The van der Waals surface area contributed by atoms with E-state index in [9.17, 15) is 14.0 Å². The highest BCUT2D eigenvalue weighted by Gasteiger charge is 2.23. The minimum atomic E-state index is -0.315. The Balaban J connectivity index is 1.46. The lowest BCUT2D eigenvalue weighted by molar-refractivity contribution is 0.0942. The maximum Gasteiger partial charge on any atom is 0.260 e. The third kappa shape index (κ3) is 4.21. The summed E-state index contributed by atoms with van der Waals surface area (Å²) >= 11 is 1.40. The van der Waals surface area contributed by atoms with E-state index < -0.39 is 0 Å². The molecule has 0 fully saturated rings. The van der Waals surface area contributed by atoms with Crippen molar-refractivity contribution >= 4 is 33.1 Å². The molecule has 0 atom stereocenters. The van der Waals surface area contributed by atoms with E-state index in [0.29, 0.717) is 28.1 Å². The van der Waals surface area contributed by atoms with Crippen molar-refractivity contribution in [1.29, 1.82) is 0 Å². The van der Waals surface area contributed by atoms with Gasteiger partial charge in [0.05, 0.1) is 11.9 Å². The topological polar surface area (TPSA) is 78.1 Å². The third-order valence-corrected chi connectivity index (χ3v) is 6.87. The molecule has 4 aromatic rings. The number of H-pyrrole nitrogens is 1. The van der Waals surface area contributed by atoms with Gasteiger partial charge in [-0.05, 0) is 62.1 Å². The van der Waals surface area contributed by atoms with Crippen LogP contribution in [0.4, 0.5) is 10.1 Å². The van der Waals surface area contributed by atoms with Crippen molar-refractivity contribution in [2.45, 2.75) is 39.3 Å². The van der Waals surface area contributed by atoms with E-state index in [2.05, 4.69) is 15.2 Å². The van der Waals surface area contributed by atoms with E-state index in [1.54, 1.807) is 12.1 Å². The van der Waals surface area contributed by atoms with Crippen molar-refractivity contribution in [3.63, 3.8) is 0 Å². The predicted octanol–water partition coefficient (Wildman–Crippen LogP) is 4.88. The number of nitrogens with one attached hydrogen (secondary N) is 2. The van der Waals surface area contributed by atoms with Crippen LogP contribution < -0.4 is 15.8 Å². The van der Waals surface area contributed by atoms with Gasteiger partial charge in [-0.25, -0.2) is 9.37 Å². The number of halogens is 1. The van der Waals surface area contributed by atoms with E-state index in [-0.39, 0.29) is 23.3 Å². The monoisotopic (exact) mass is 476 g/mol. The number of thiophene rings is 1. The Morgan fingerprint density at radius 3 is 2.79 bits per heavy atom. The fourth-order valence-electron chi connectivity index (χ4n) is 4.51. The highest BCUT2D eigenvalue weighted by Crippen LogP contribution is 2.33. The quantitative estimate of drug-likeness (QED) is 0.430. The number of hydrogen-bond donors (Lipinski definition) is 2. The number of carbonyl (C=O) groups excluding carboxylic acids is 1. The molecule has 0 bridgehead atoms. The summed E-state index contributed by atoms with van der Waals surface area (Å²) in [5, 5.41) is 5.39. The molecule has 174 valence electrons. The summed E-state index contributed by atoms with van der Waals surface area (Å²) < 4.78 is 13.3. The molecule has 6 nitrogen and oxygen atoms in total. The Morgan fingerprint density at radius 1 is 1.24 bits per heavy atom. The van der Waals surface area contributed by atoms with Crippen LogP contribution in [0.15, 0.2) is 52.6 Å². The highest BCUT2D eigenvalue weighted by atomic mass is 32.1. The standard InChI is InChI=1S/C26H25FN4O2S/c1-15(2)28-24(32)19-5-3-7-21-18(19)6-4-12-31(21)13-22-29-25(33)23-20(14-34-26(23)30-22)16-8-10-17(27)11-9-16/h3,5,7-11,14-15H,4,6,12-13H2,1-2H3,(H,28,32)(H,29,30,33). The van der Waals surface area contributed by atoms with Crippen molar-refractivity contribution in [3.8, 4) is 11.1 Å². The van der Waals surface area contributed by atoms with E-state index in [1.165, 1.54) is 23.5 Å². The number of rotatable bonds is 5. The van der Waals surface area contributed by atoms with Crippen molar-refractivity contribution in [2.24, 2.45) is 0 Å². The lowest BCUT2D eigenvalue weighted by Crippen LogP contribution is -2.34. The van der Waals surface area contributed by atoms with Crippen LogP contribution in [0.1, 0.15) is 42.0 Å². The van der Waals surface area contributed by atoms with Gasteiger partial charge in [-0.3, -0.25) is 9.59 Å². The molecular weight excluding hydrogens is 451 g/mol. The SMILES string of the molecule is CC(C)NC(=O)c1cccc2c1CCCN2Cc1nc2scc(-c3ccc(F)cc3)c2c(=O)[nH]1. The fraction of sp³-hybridized carbons (Fsp3) is 0.269. The zero-order chi connectivity index (χ0) is 23.8. The van der Waals surface area contributed by atoms with Crippen LogP contribution in [0.25, 0.3) is 21.3 Å². The number of aromatic amines is 1. The second-order valence-corrected chi connectivity index (χ2v) is 9.66. The molecule has 5 rings (SSSR count). The molecule has 0 saturated heterocycles. The molecule has 2 aromatic carbocycles. The molecule has 0 unspecified atom stereocenters. The summed E-state index contributed by atoms with van der Waals surface area (Å²) in [6.07, 6.45) is 1.75. The Bertz CT molecular complexity index is 1430. The Labute approximate surface area is 200 Å². The smallest absolute Gasteiger partial charge is 0.260 e. The molecule has 1 aliphatic heterocycles. The number of fused-ring (bicyclic) bond motifs is 2. The largest absolute Gasteiger partial charge is 0.364 e. The van der Waals surface area contributed by atoms with Crippen molar-refractivity contribution in [1.82, 2.24) is 15.3 Å². The minimum Gasteiger partial charge on any atom is -0.364 e. The van der Waals surface area contributed by atoms with Crippen molar-refractivity contribution < 1.29 is 9.18 Å². The summed E-state index contributed by atoms with van der Waals surface area (Å²) in [5.41, 5.74) is 4.07. The van der Waals surface area contributed by atoms with Gasteiger partial charge in [0.15, 0.2) is 0 Å². The molecule has 0 aliphatic carbocycles. The van der Waals surface area contributed by atoms with Crippen LogP contribution in [-0.4, -0.2) is 28.5 Å². The second kappa shape index (κ2) is 9.02.